The summed E-state index contributed by atoms with van der Waals surface area (Å²) in [5.41, 5.74) is 16.6. The van der Waals surface area contributed by atoms with Crippen molar-refractivity contribution in [1.82, 2.24) is 0 Å². The first-order valence-electron chi connectivity index (χ1n) is 15.7. The van der Waals surface area contributed by atoms with Crippen LogP contribution in [0.3, 0.4) is 0 Å². The van der Waals surface area contributed by atoms with Gasteiger partial charge in [-0.25, -0.2) is 0 Å². The molecule has 1 unspecified atom stereocenters. The average Bonchev–Trinajstić information content (AvgIpc) is 3.00. The molecule has 0 amide bonds. The van der Waals surface area contributed by atoms with Crippen LogP contribution in [0.15, 0.2) is 131 Å². The molecule has 218 valence electrons. The van der Waals surface area contributed by atoms with E-state index >= 15 is 0 Å². The molecule has 0 bridgehead atoms. The first-order valence-corrected chi connectivity index (χ1v) is 15.7. The van der Waals surface area contributed by atoms with Crippen molar-refractivity contribution in [3.05, 3.63) is 148 Å². The van der Waals surface area contributed by atoms with Crippen LogP contribution >= 0.6 is 0 Å². The molecule has 2 rings (SSSR count). The van der Waals surface area contributed by atoms with Gasteiger partial charge in [-0.3, -0.25) is 0 Å². The Morgan fingerprint density at radius 2 is 1.44 bits per heavy atom. The third-order valence-corrected chi connectivity index (χ3v) is 7.80. The van der Waals surface area contributed by atoms with Crippen LogP contribution in [0, 0.1) is 5.92 Å². The Kier molecular flexibility index (Phi) is 16.0. The number of benzene rings is 1. The van der Waals surface area contributed by atoms with Crippen LogP contribution in [0.1, 0.15) is 90.3 Å². The summed E-state index contributed by atoms with van der Waals surface area (Å²) < 4.78 is 0. The van der Waals surface area contributed by atoms with Gasteiger partial charge in [-0.1, -0.05) is 139 Å². The number of allylic oxidation sites excluding steroid dienone is 18. The Morgan fingerprint density at radius 3 is 2.07 bits per heavy atom. The summed E-state index contributed by atoms with van der Waals surface area (Å²) in [5, 5.41) is 0. The SMILES string of the molecule is CCC1=C/C=C/C=C\C(=C/C=C\C(CC)=C(/C=C/N)CC)C(C/C=C\c2ccc(CC)c(CC)c2)/C=C/C=C\1CC. The quantitative estimate of drug-likeness (QED) is 0.259. The van der Waals surface area contributed by atoms with Crippen LogP contribution in [-0.2, 0) is 12.8 Å². The van der Waals surface area contributed by atoms with Gasteiger partial charge in [-0.15, -0.1) is 0 Å². The molecule has 0 spiro atoms. The van der Waals surface area contributed by atoms with Crippen molar-refractivity contribution in [2.75, 3.05) is 0 Å². The van der Waals surface area contributed by atoms with E-state index in [1.807, 2.05) is 6.08 Å². The number of hydrogen-bond acceptors (Lipinski definition) is 1. The van der Waals surface area contributed by atoms with Gasteiger partial charge in [0.15, 0.2) is 0 Å². The van der Waals surface area contributed by atoms with E-state index in [0.717, 1.165) is 44.9 Å². The predicted octanol–water partition coefficient (Wildman–Crippen LogP) is 11.3. The highest BCUT2D eigenvalue weighted by atomic mass is 14.5. The van der Waals surface area contributed by atoms with E-state index in [0.29, 0.717) is 0 Å². The minimum atomic E-state index is 0.257. The van der Waals surface area contributed by atoms with Crippen molar-refractivity contribution in [2.45, 2.75) is 86.5 Å². The fraction of sp³-hybridized carbons (Fsp3) is 0.350. The number of nitrogens with two attached hydrogens (primary N) is 1. The predicted molar refractivity (Wildman–Crippen MR) is 185 cm³/mol. The minimum absolute atomic E-state index is 0.257. The monoisotopic (exact) mass is 547 g/mol. The van der Waals surface area contributed by atoms with Gasteiger partial charge in [-0.05, 0) is 102 Å². The third-order valence-electron chi connectivity index (χ3n) is 7.80. The van der Waals surface area contributed by atoms with Crippen LogP contribution < -0.4 is 5.73 Å². The lowest BCUT2D eigenvalue weighted by atomic mass is 9.92. The van der Waals surface area contributed by atoms with Gasteiger partial charge in [0.2, 0.25) is 0 Å². The Bertz CT molecular complexity index is 1260. The summed E-state index contributed by atoms with van der Waals surface area (Å²) in [7, 11) is 0. The fourth-order valence-corrected chi connectivity index (χ4v) is 5.31. The third kappa shape index (κ3) is 11.1. The molecule has 0 saturated carbocycles. The Morgan fingerprint density at radius 1 is 0.756 bits per heavy atom. The van der Waals surface area contributed by atoms with Crippen molar-refractivity contribution < 1.29 is 0 Å². The zero-order valence-electron chi connectivity index (χ0n) is 26.5. The lowest BCUT2D eigenvalue weighted by Crippen LogP contribution is -1.98. The highest BCUT2D eigenvalue weighted by Gasteiger charge is 2.08. The second-order valence-electron chi connectivity index (χ2n) is 10.3. The summed E-state index contributed by atoms with van der Waals surface area (Å²) in [6.45, 7) is 13.3. The molecule has 0 saturated heterocycles. The summed E-state index contributed by atoms with van der Waals surface area (Å²) in [4.78, 5) is 0. The molecular weight excluding hydrogens is 494 g/mol. The maximum Gasteiger partial charge on any atom is 0.00557 e. The maximum atomic E-state index is 5.71. The van der Waals surface area contributed by atoms with Crippen LogP contribution in [0.25, 0.3) is 6.08 Å². The van der Waals surface area contributed by atoms with Crippen molar-refractivity contribution >= 4 is 6.08 Å². The van der Waals surface area contributed by atoms with E-state index in [4.69, 9.17) is 5.73 Å². The molecule has 41 heavy (non-hydrogen) atoms. The molecule has 1 aliphatic carbocycles. The lowest BCUT2D eigenvalue weighted by Gasteiger charge is -2.13. The Labute approximate surface area is 251 Å². The number of hydrogen-bond donors (Lipinski definition) is 1. The molecule has 0 aromatic heterocycles. The fourth-order valence-electron chi connectivity index (χ4n) is 5.31. The number of rotatable bonds is 12. The van der Waals surface area contributed by atoms with Gasteiger partial charge >= 0.3 is 0 Å². The molecule has 1 aromatic carbocycles. The molecule has 1 aliphatic rings. The highest BCUT2D eigenvalue weighted by molar-refractivity contribution is 5.52. The second kappa shape index (κ2) is 19.5. The second-order valence-corrected chi connectivity index (χ2v) is 10.3. The largest absolute Gasteiger partial charge is 0.405 e. The Balaban J connectivity index is 2.52. The van der Waals surface area contributed by atoms with Crippen LogP contribution in [-0.4, -0.2) is 0 Å². The average molecular weight is 548 g/mol. The molecule has 1 aromatic rings. The topological polar surface area (TPSA) is 26.0 Å². The van der Waals surface area contributed by atoms with Gasteiger partial charge in [0, 0.05) is 5.92 Å². The van der Waals surface area contributed by atoms with Crippen molar-refractivity contribution in [3.63, 3.8) is 0 Å². The normalized spacial score (nSPS) is 23.1. The van der Waals surface area contributed by atoms with E-state index in [9.17, 15) is 0 Å². The van der Waals surface area contributed by atoms with E-state index in [2.05, 4.69) is 139 Å². The van der Waals surface area contributed by atoms with Gasteiger partial charge in [0.25, 0.3) is 0 Å². The molecular formula is C40H53N. The zero-order valence-corrected chi connectivity index (χ0v) is 26.5. The van der Waals surface area contributed by atoms with Gasteiger partial charge in [0.1, 0.15) is 0 Å². The standard InChI is InChI=1S/C40H53N/c1-7-33-20-14-13-15-21-39(25-18-23-35(9-3)37(11-5)29-30-41)40(26-17-22-34(33)8-2)24-16-19-32-27-28-36(10-4)38(12-6)31-32/h13-23,25-31,40H,7-12,24,41H2,1-6H3/b14-13+,19-16-,21-15-,23-18-,26-17+,30-29+,33-20-,34-22-,37-35-,39-25+. The molecule has 1 atom stereocenters. The van der Waals surface area contributed by atoms with E-state index < -0.39 is 0 Å². The summed E-state index contributed by atoms with van der Waals surface area (Å²) in [6, 6.07) is 6.90. The summed E-state index contributed by atoms with van der Waals surface area (Å²) in [6.07, 6.45) is 40.1. The van der Waals surface area contributed by atoms with Gasteiger partial charge in [-0.2, -0.15) is 0 Å². The maximum absolute atomic E-state index is 5.71. The molecule has 0 fully saturated rings. The molecule has 2 N–H and O–H groups in total. The zero-order chi connectivity index (χ0) is 29.9. The van der Waals surface area contributed by atoms with E-state index in [1.165, 1.54) is 44.6 Å². The van der Waals surface area contributed by atoms with Gasteiger partial charge in [0.05, 0.1) is 0 Å². The first kappa shape index (κ1) is 33.6. The molecule has 0 radical (unpaired) electrons. The van der Waals surface area contributed by atoms with Crippen LogP contribution in [0.5, 0.6) is 0 Å². The van der Waals surface area contributed by atoms with Gasteiger partial charge < -0.3 is 5.73 Å². The van der Waals surface area contributed by atoms with Crippen molar-refractivity contribution in [2.24, 2.45) is 11.7 Å². The van der Waals surface area contributed by atoms with E-state index in [1.54, 1.807) is 6.20 Å². The van der Waals surface area contributed by atoms with Crippen LogP contribution in [0.4, 0.5) is 0 Å². The van der Waals surface area contributed by atoms with E-state index in [-0.39, 0.29) is 5.92 Å². The Hall–Kier alpha value is -3.58. The molecule has 1 nitrogen and oxygen atoms in total. The minimum Gasteiger partial charge on any atom is -0.405 e. The van der Waals surface area contributed by atoms with Crippen molar-refractivity contribution in [1.29, 1.82) is 0 Å². The first-order chi connectivity index (χ1) is 20.0. The number of aryl methyl sites for hydroxylation is 2. The lowest BCUT2D eigenvalue weighted by molar-refractivity contribution is 0.797. The molecule has 0 aliphatic heterocycles. The summed E-state index contributed by atoms with van der Waals surface area (Å²) in [5.74, 6) is 0.257. The molecule has 0 heterocycles. The summed E-state index contributed by atoms with van der Waals surface area (Å²) >= 11 is 0. The highest BCUT2D eigenvalue weighted by Crippen LogP contribution is 2.24. The molecule has 1 heteroatoms. The van der Waals surface area contributed by atoms with Crippen LogP contribution in [0.2, 0.25) is 0 Å². The van der Waals surface area contributed by atoms with Crippen molar-refractivity contribution in [3.8, 4) is 0 Å². The smallest absolute Gasteiger partial charge is 0.00557 e.